The number of fused-ring (bicyclic) bond motifs is 1. The smallest absolute Gasteiger partial charge is 0.141 e. The van der Waals surface area contributed by atoms with Crippen molar-refractivity contribution >= 4 is 23.3 Å². The molecule has 0 unspecified atom stereocenters. The second-order valence-electron chi connectivity index (χ2n) is 3.48. The first-order valence-corrected chi connectivity index (χ1v) is 5.74. The topological polar surface area (TPSA) is 35.5 Å². The number of nitrogens with one attached hydrogen (secondary N) is 1. The van der Waals surface area contributed by atoms with Crippen molar-refractivity contribution in [2.45, 2.75) is 4.90 Å². The van der Waals surface area contributed by atoms with Gasteiger partial charge in [-0.1, -0.05) is 24.3 Å². The molecule has 1 heterocycles. The lowest BCUT2D eigenvalue weighted by Crippen LogP contribution is -2.16. The molecule has 2 aromatic carbocycles. The van der Waals surface area contributed by atoms with E-state index in [9.17, 15) is 5.11 Å². The average molecular weight is 230 g/mol. The summed E-state index contributed by atoms with van der Waals surface area (Å²) < 4.78 is 1.86. The molecule has 16 heavy (non-hydrogen) atoms. The molecule has 1 aliphatic rings. The van der Waals surface area contributed by atoms with Crippen LogP contribution in [0.4, 0.5) is 11.4 Å². The van der Waals surface area contributed by atoms with Crippen molar-refractivity contribution in [2.24, 2.45) is 0 Å². The van der Waals surface area contributed by atoms with Gasteiger partial charge in [-0.15, -0.1) is 0 Å². The van der Waals surface area contributed by atoms with Crippen LogP contribution in [0.25, 0.3) is 0 Å². The number of nitrogens with zero attached hydrogens (tertiary/aromatic N) is 1. The third kappa shape index (κ3) is 1.47. The number of rotatable bonds is 1. The van der Waals surface area contributed by atoms with Crippen LogP contribution in [0.15, 0.2) is 53.4 Å². The van der Waals surface area contributed by atoms with Crippen LogP contribution in [-0.4, -0.2) is 5.11 Å². The quantitative estimate of drug-likeness (QED) is 0.737. The molecule has 0 aromatic heterocycles. The summed E-state index contributed by atoms with van der Waals surface area (Å²) in [5.41, 5.74) is 5.06. The Hall–Kier alpha value is -1.81. The van der Waals surface area contributed by atoms with Gasteiger partial charge in [0.2, 0.25) is 0 Å². The third-order valence-electron chi connectivity index (χ3n) is 2.40. The molecule has 1 aliphatic heterocycles. The highest BCUT2D eigenvalue weighted by Gasteiger charge is 2.21. The number of aromatic hydroxyl groups is 1. The Morgan fingerprint density at radius 3 is 2.56 bits per heavy atom. The zero-order valence-corrected chi connectivity index (χ0v) is 9.24. The minimum absolute atomic E-state index is 0.273. The fourth-order valence-corrected chi connectivity index (χ4v) is 2.56. The molecule has 80 valence electrons. The fraction of sp³-hybridized carbons (Fsp3) is 0. The van der Waals surface area contributed by atoms with Crippen molar-refractivity contribution in [3.63, 3.8) is 0 Å². The largest absolute Gasteiger partial charge is 0.506 e. The van der Waals surface area contributed by atoms with Crippen molar-refractivity contribution < 1.29 is 5.11 Å². The summed E-state index contributed by atoms with van der Waals surface area (Å²) in [5, 5.41) is 9.75. The highest BCUT2D eigenvalue weighted by Crippen LogP contribution is 2.42. The van der Waals surface area contributed by atoms with Gasteiger partial charge in [0.15, 0.2) is 0 Å². The first-order chi connectivity index (χ1) is 7.84. The summed E-state index contributed by atoms with van der Waals surface area (Å²) in [7, 11) is 0. The van der Waals surface area contributed by atoms with E-state index in [0.29, 0.717) is 0 Å². The standard InChI is InChI=1S/C12H10N2OS/c15-11-7-3-2-6-10(11)14-13-9-5-1-4-8-12(9)16-14/h1-8,13,15H. The van der Waals surface area contributed by atoms with E-state index >= 15 is 0 Å². The molecule has 0 saturated heterocycles. The molecule has 2 N–H and O–H groups in total. The summed E-state index contributed by atoms with van der Waals surface area (Å²) >= 11 is 1.57. The van der Waals surface area contributed by atoms with Crippen LogP contribution in [0.3, 0.4) is 0 Å². The van der Waals surface area contributed by atoms with Crippen LogP contribution in [-0.2, 0) is 0 Å². The van der Waals surface area contributed by atoms with Gasteiger partial charge in [0.1, 0.15) is 11.4 Å². The summed E-state index contributed by atoms with van der Waals surface area (Å²) in [6, 6.07) is 15.3. The van der Waals surface area contributed by atoms with E-state index in [1.54, 1.807) is 18.0 Å². The van der Waals surface area contributed by atoms with Crippen molar-refractivity contribution in [1.29, 1.82) is 0 Å². The molecule has 0 radical (unpaired) electrons. The number of phenols is 1. The van der Waals surface area contributed by atoms with E-state index in [4.69, 9.17) is 0 Å². The number of hydrogen-bond acceptors (Lipinski definition) is 4. The zero-order chi connectivity index (χ0) is 11.0. The summed E-state index contributed by atoms with van der Waals surface area (Å²) in [6.07, 6.45) is 0. The molecular formula is C12H10N2OS. The van der Waals surface area contributed by atoms with Gasteiger partial charge in [-0.3, -0.25) is 5.43 Å². The molecule has 0 spiro atoms. The zero-order valence-electron chi connectivity index (χ0n) is 8.42. The van der Waals surface area contributed by atoms with E-state index in [-0.39, 0.29) is 5.75 Å². The SMILES string of the molecule is Oc1ccccc1N1Nc2ccccc2S1. The van der Waals surface area contributed by atoms with Crippen molar-refractivity contribution in [1.82, 2.24) is 0 Å². The monoisotopic (exact) mass is 230 g/mol. The Bertz CT molecular complexity index is 505. The van der Waals surface area contributed by atoms with Gasteiger partial charge in [-0.2, -0.15) is 0 Å². The van der Waals surface area contributed by atoms with Gasteiger partial charge in [-0.25, -0.2) is 4.41 Å². The number of benzene rings is 2. The van der Waals surface area contributed by atoms with Gasteiger partial charge < -0.3 is 5.11 Å². The lowest BCUT2D eigenvalue weighted by Gasteiger charge is -2.17. The first kappa shape index (κ1) is 9.42. The summed E-state index contributed by atoms with van der Waals surface area (Å²) in [5.74, 6) is 0.273. The highest BCUT2D eigenvalue weighted by atomic mass is 32.2. The van der Waals surface area contributed by atoms with Gasteiger partial charge >= 0.3 is 0 Å². The molecule has 3 rings (SSSR count). The van der Waals surface area contributed by atoms with Gasteiger partial charge in [0, 0.05) is 11.9 Å². The second kappa shape index (κ2) is 3.64. The summed E-state index contributed by atoms with van der Waals surface area (Å²) in [4.78, 5) is 1.16. The number of para-hydroxylation sites is 3. The third-order valence-corrected chi connectivity index (χ3v) is 3.42. The Morgan fingerprint density at radius 1 is 1.00 bits per heavy atom. The maximum absolute atomic E-state index is 9.75. The molecular weight excluding hydrogens is 220 g/mol. The van der Waals surface area contributed by atoms with E-state index < -0.39 is 0 Å². The minimum Gasteiger partial charge on any atom is -0.506 e. The van der Waals surface area contributed by atoms with Crippen LogP contribution >= 0.6 is 11.9 Å². The molecule has 0 saturated carbocycles. The predicted octanol–water partition coefficient (Wildman–Crippen LogP) is 3.25. The molecule has 2 aromatic rings. The van der Waals surface area contributed by atoms with E-state index in [1.807, 2.05) is 46.9 Å². The number of phenolic OH excluding ortho intramolecular Hbond substituents is 1. The van der Waals surface area contributed by atoms with Crippen LogP contribution in [0.2, 0.25) is 0 Å². The highest BCUT2D eigenvalue weighted by molar-refractivity contribution is 8.01. The van der Waals surface area contributed by atoms with Gasteiger partial charge in [0.25, 0.3) is 0 Å². The van der Waals surface area contributed by atoms with E-state index in [2.05, 4.69) is 5.43 Å². The van der Waals surface area contributed by atoms with Gasteiger partial charge in [0.05, 0.1) is 10.6 Å². The minimum atomic E-state index is 0.273. The van der Waals surface area contributed by atoms with Crippen molar-refractivity contribution in [2.75, 3.05) is 9.84 Å². The van der Waals surface area contributed by atoms with Crippen LogP contribution in [0.1, 0.15) is 0 Å². The molecule has 3 nitrogen and oxygen atoms in total. The lowest BCUT2D eigenvalue weighted by molar-refractivity contribution is 0.477. The Kier molecular flexibility index (Phi) is 2.15. The Balaban J connectivity index is 1.95. The molecule has 4 heteroatoms. The van der Waals surface area contributed by atoms with Crippen LogP contribution in [0.5, 0.6) is 5.75 Å². The van der Waals surface area contributed by atoms with E-state index in [0.717, 1.165) is 16.3 Å². The maximum atomic E-state index is 9.75. The lowest BCUT2D eigenvalue weighted by atomic mass is 10.3. The second-order valence-corrected chi connectivity index (χ2v) is 4.47. The Morgan fingerprint density at radius 2 is 1.75 bits per heavy atom. The molecule has 0 aliphatic carbocycles. The molecule has 0 bridgehead atoms. The average Bonchev–Trinajstić information content (AvgIpc) is 2.73. The van der Waals surface area contributed by atoms with Crippen molar-refractivity contribution in [3.8, 4) is 5.75 Å². The fourth-order valence-electron chi connectivity index (χ4n) is 1.61. The van der Waals surface area contributed by atoms with Gasteiger partial charge in [-0.05, 0) is 24.3 Å². The predicted molar refractivity (Wildman–Crippen MR) is 66.5 cm³/mol. The van der Waals surface area contributed by atoms with Crippen molar-refractivity contribution in [3.05, 3.63) is 48.5 Å². The maximum Gasteiger partial charge on any atom is 0.141 e. The first-order valence-electron chi connectivity index (χ1n) is 4.96. The number of anilines is 2. The van der Waals surface area contributed by atoms with Crippen LogP contribution in [0, 0.1) is 0 Å². The number of hydrazine groups is 1. The summed E-state index contributed by atoms with van der Waals surface area (Å²) in [6.45, 7) is 0. The van der Waals surface area contributed by atoms with Crippen LogP contribution < -0.4 is 9.84 Å². The molecule has 0 amide bonds. The number of hydrogen-bond donors (Lipinski definition) is 2. The molecule has 0 fully saturated rings. The Labute approximate surface area is 97.8 Å². The normalized spacial score (nSPS) is 13.4. The van der Waals surface area contributed by atoms with E-state index in [1.165, 1.54) is 0 Å². The molecule has 0 atom stereocenters.